The first-order valence-electron chi connectivity index (χ1n) is 8.52. The minimum absolute atomic E-state index is 0.00904. The van der Waals surface area contributed by atoms with Gasteiger partial charge in [-0.15, -0.1) is 11.3 Å². The van der Waals surface area contributed by atoms with E-state index < -0.39 is 0 Å². The van der Waals surface area contributed by atoms with Gasteiger partial charge in [-0.2, -0.15) is 0 Å². The molecule has 2 N–H and O–H groups in total. The number of carbonyl (C=O) groups is 1. The standard InChI is InChI=1S/C19H24N4O2S/c1-11-8-15(26-16(11)17(24)25-5)14-6-7-20-18(22-14)21-13-9-12(2)23-19(3,4)10-13/h6-8,13,23H,2,9-10H2,1,3-5H3,(H,20,21,22). The van der Waals surface area contributed by atoms with Crippen LogP contribution < -0.4 is 10.6 Å². The van der Waals surface area contributed by atoms with E-state index in [0.29, 0.717) is 10.8 Å². The largest absolute Gasteiger partial charge is 0.465 e. The third-order valence-electron chi connectivity index (χ3n) is 4.29. The number of aryl methyl sites for hydroxylation is 1. The van der Waals surface area contributed by atoms with Gasteiger partial charge >= 0.3 is 5.97 Å². The summed E-state index contributed by atoms with van der Waals surface area (Å²) in [5.41, 5.74) is 2.69. The predicted octanol–water partition coefficient (Wildman–Crippen LogP) is 3.76. The van der Waals surface area contributed by atoms with Gasteiger partial charge in [-0.1, -0.05) is 6.58 Å². The summed E-state index contributed by atoms with van der Waals surface area (Å²) in [7, 11) is 1.39. The summed E-state index contributed by atoms with van der Waals surface area (Å²) in [5.74, 6) is 0.269. The summed E-state index contributed by atoms with van der Waals surface area (Å²) in [5, 5.41) is 6.84. The number of thiophene rings is 1. The number of nitrogens with zero attached hydrogens (tertiary/aromatic N) is 2. The highest BCUT2D eigenvalue weighted by atomic mass is 32.1. The highest BCUT2D eigenvalue weighted by molar-refractivity contribution is 7.17. The van der Waals surface area contributed by atoms with Crippen molar-refractivity contribution in [2.45, 2.75) is 45.2 Å². The maximum atomic E-state index is 11.8. The van der Waals surface area contributed by atoms with Gasteiger partial charge in [0.15, 0.2) is 0 Å². The molecule has 0 amide bonds. The molecule has 1 saturated heterocycles. The number of methoxy groups -OCH3 is 1. The SMILES string of the molecule is C=C1CC(Nc2nccc(-c3cc(C)c(C(=O)OC)s3)n2)CC(C)(C)N1. The van der Waals surface area contributed by atoms with Gasteiger partial charge < -0.3 is 15.4 Å². The van der Waals surface area contributed by atoms with Crippen molar-refractivity contribution in [2.24, 2.45) is 0 Å². The first kappa shape index (κ1) is 18.4. The van der Waals surface area contributed by atoms with E-state index in [1.165, 1.54) is 18.4 Å². The number of hydrogen-bond donors (Lipinski definition) is 2. The molecule has 1 fully saturated rings. The molecule has 3 rings (SSSR count). The Hall–Kier alpha value is -2.41. The van der Waals surface area contributed by atoms with Crippen LogP contribution in [-0.4, -0.2) is 34.6 Å². The third-order valence-corrected chi connectivity index (χ3v) is 5.53. The molecule has 26 heavy (non-hydrogen) atoms. The lowest BCUT2D eigenvalue weighted by Crippen LogP contribution is -2.48. The van der Waals surface area contributed by atoms with Crippen molar-refractivity contribution in [1.82, 2.24) is 15.3 Å². The van der Waals surface area contributed by atoms with Crippen molar-refractivity contribution < 1.29 is 9.53 Å². The van der Waals surface area contributed by atoms with E-state index in [4.69, 9.17) is 4.74 Å². The van der Waals surface area contributed by atoms with Crippen molar-refractivity contribution in [3.63, 3.8) is 0 Å². The number of esters is 1. The van der Waals surface area contributed by atoms with E-state index in [1.807, 2.05) is 19.1 Å². The lowest BCUT2D eigenvalue weighted by molar-refractivity contribution is 0.0605. The van der Waals surface area contributed by atoms with E-state index in [0.717, 1.165) is 34.7 Å². The molecule has 0 radical (unpaired) electrons. The average molecular weight is 372 g/mol. The molecule has 3 heterocycles. The molecule has 0 aliphatic carbocycles. The van der Waals surface area contributed by atoms with Crippen LogP contribution in [0, 0.1) is 6.92 Å². The number of anilines is 1. The predicted molar refractivity (Wildman–Crippen MR) is 104 cm³/mol. The van der Waals surface area contributed by atoms with Gasteiger partial charge in [0.25, 0.3) is 0 Å². The molecule has 1 aliphatic rings. The fourth-order valence-electron chi connectivity index (χ4n) is 3.32. The molecule has 1 atom stereocenters. The summed E-state index contributed by atoms with van der Waals surface area (Å²) in [6, 6.07) is 4.03. The van der Waals surface area contributed by atoms with Gasteiger partial charge in [-0.05, 0) is 44.9 Å². The van der Waals surface area contributed by atoms with E-state index in [2.05, 4.69) is 41.0 Å². The maximum absolute atomic E-state index is 11.8. The molecule has 0 aromatic carbocycles. The Balaban J connectivity index is 1.81. The lowest BCUT2D eigenvalue weighted by Gasteiger charge is -2.38. The Morgan fingerprint density at radius 2 is 2.27 bits per heavy atom. The topological polar surface area (TPSA) is 76.1 Å². The Kier molecular flexibility index (Phi) is 5.00. The molecule has 2 aromatic rings. The minimum Gasteiger partial charge on any atom is -0.465 e. The highest BCUT2D eigenvalue weighted by Gasteiger charge is 2.29. The number of carbonyl (C=O) groups excluding carboxylic acids is 1. The lowest BCUT2D eigenvalue weighted by atomic mass is 9.88. The van der Waals surface area contributed by atoms with Gasteiger partial charge in [-0.25, -0.2) is 14.8 Å². The van der Waals surface area contributed by atoms with Crippen LogP contribution in [0.25, 0.3) is 10.6 Å². The first-order valence-corrected chi connectivity index (χ1v) is 9.34. The molecular formula is C19H24N4O2S. The summed E-state index contributed by atoms with van der Waals surface area (Å²) >= 11 is 1.38. The fourth-order valence-corrected chi connectivity index (χ4v) is 4.38. The number of hydrogen-bond acceptors (Lipinski definition) is 7. The van der Waals surface area contributed by atoms with Crippen LogP contribution in [0.1, 0.15) is 41.9 Å². The third kappa shape index (κ3) is 4.04. The Morgan fingerprint density at radius 1 is 1.50 bits per heavy atom. The summed E-state index contributed by atoms with van der Waals surface area (Å²) < 4.78 is 4.83. The quantitative estimate of drug-likeness (QED) is 0.796. The molecule has 1 aliphatic heterocycles. The number of ether oxygens (including phenoxy) is 1. The van der Waals surface area contributed by atoms with Crippen LogP contribution in [0.3, 0.4) is 0 Å². The van der Waals surface area contributed by atoms with Crippen LogP contribution in [0.15, 0.2) is 30.6 Å². The fraction of sp³-hybridized carbons (Fsp3) is 0.421. The molecule has 1 unspecified atom stereocenters. The Morgan fingerprint density at radius 3 is 2.96 bits per heavy atom. The van der Waals surface area contributed by atoms with Gasteiger partial charge in [0.05, 0.1) is 17.7 Å². The zero-order valence-corrected chi connectivity index (χ0v) is 16.4. The van der Waals surface area contributed by atoms with Crippen LogP contribution in [0.4, 0.5) is 5.95 Å². The van der Waals surface area contributed by atoms with Crippen molar-refractivity contribution >= 4 is 23.3 Å². The monoisotopic (exact) mass is 372 g/mol. The van der Waals surface area contributed by atoms with Crippen LogP contribution in [0.5, 0.6) is 0 Å². The molecule has 0 spiro atoms. The zero-order chi connectivity index (χ0) is 18.9. The smallest absolute Gasteiger partial charge is 0.348 e. The second-order valence-electron chi connectivity index (χ2n) is 7.24. The maximum Gasteiger partial charge on any atom is 0.348 e. The van der Waals surface area contributed by atoms with Crippen molar-refractivity contribution in [3.8, 4) is 10.6 Å². The molecule has 138 valence electrons. The molecule has 6 nitrogen and oxygen atoms in total. The number of rotatable bonds is 4. The molecule has 0 bridgehead atoms. The molecule has 7 heteroatoms. The molecular weight excluding hydrogens is 348 g/mol. The van der Waals surface area contributed by atoms with Crippen molar-refractivity contribution in [2.75, 3.05) is 12.4 Å². The molecule has 2 aromatic heterocycles. The van der Waals surface area contributed by atoms with Crippen molar-refractivity contribution in [1.29, 1.82) is 0 Å². The first-order chi connectivity index (χ1) is 12.3. The van der Waals surface area contributed by atoms with E-state index in [-0.39, 0.29) is 17.6 Å². The van der Waals surface area contributed by atoms with E-state index in [1.54, 1.807) is 6.20 Å². The Labute approximate surface area is 157 Å². The van der Waals surface area contributed by atoms with Gasteiger partial charge in [0, 0.05) is 29.9 Å². The second kappa shape index (κ2) is 7.07. The van der Waals surface area contributed by atoms with Crippen molar-refractivity contribution in [3.05, 3.63) is 41.0 Å². The van der Waals surface area contributed by atoms with Gasteiger partial charge in [-0.3, -0.25) is 0 Å². The average Bonchev–Trinajstić information content (AvgIpc) is 2.94. The van der Waals surface area contributed by atoms with Gasteiger partial charge in [0.1, 0.15) is 4.88 Å². The number of piperidine rings is 1. The van der Waals surface area contributed by atoms with Crippen LogP contribution in [0.2, 0.25) is 0 Å². The Bertz CT molecular complexity index is 844. The highest BCUT2D eigenvalue weighted by Crippen LogP contribution is 2.31. The van der Waals surface area contributed by atoms with E-state index >= 15 is 0 Å². The summed E-state index contributed by atoms with van der Waals surface area (Å²) in [6.45, 7) is 10.3. The zero-order valence-electron chi connectivity index (χ0n) is 15.5. The summed E-state index contributed by atoms with van der Waals surface area (Å²) in [4.78, 5) is 22.3. The molecule has 0 saturated carbocycles. The van der Waals surface area contributed by atoms with Crippen LogP contribution in [-0.2, 0) is 4.74 Å². The number of nitrogens with one attached hydrogen (secondary N) is 2. The summed E-state index contributed by atoms with van der Waals surface area (Å²) in [6.07, 6.45) is 3.52. The minimum atomic E-state index is -0.318. The number of aromatic nitrogens is 2. The van der Waals surface area contributed by atoms with Crippen LogP contribution >= 0.6 is 11.3 Å². The second-order valence-corrected chi connectivity index (χ2v) is 8.29. The normalized spacial score (nSPS) is 18.9. The van der Waals surface area contributed by atoms with Gasteiger partial charge in [0.2, 0.25) is 5.95 Å². The van der Waals surface area contributed by atoms with E-state index in [9.17, 15) is 4.79 Å².